The number of esters is 1. The molecule has 0 fully saturated rings. The van der Waals surface area contributed by atoms with Crippen LogP contribution in [-0.4, -0.2) is 22.1 Å². The molecule has 0 spiro atoms. The fourth-order valence-corrected chi connectivity index (χ4v) is 1.96. The summed E-state index contributed by atoms with van der Waals surface area (Å²) in [6.45, 7) is 1.93. The molecule has 21 heavy (non-hydrogen) atoms. The molecule has 0 radical (unpaired) electrons. The van der Waals surface area contributed by atoms with Crippen LogP contribution in [0.4, 0.5) is 10.1 Å². The molecular formula is C14H13FN2O4. The summed E-state index contributed by atoms with van der Waals surface area (Å²) in [5.74, 6) is -1.42. The first kappa shape index (κ1) is 14.7. The van der Waals surface area contributed by atoms with Crippen molar-refractivity contribution in [3.63, 3.8) is 0 Å². The number of carbonyl (C=O) groups is 1. The second-order valence-electron chi connectivity index (χ2n) is 4.25. The minimum Gasteiger partial charge on any atom is -0.461 e. The van der Waals surface area contributed by atoms with E-state index in [9.17, 15) is 19.3 Å². The van der Waals surface area contributed by atoms with Crippen molar-refractivity contribution in [3.8, 4) is 0 Å². The summed E-state index contributed by atoms with van der Waals surface area (Å²) in [6.07, 6.45) is 1.59. The van der Waals surface area contributed by atoms with Crippen LogP contribution in [0.25, 0.3) is 0 Å². The SMILES string of the molecule is CCOC(=O)c1cccn1Cc1cccc([N+](=O)[O-])c1F. The van der Waals surface area contributed by atoms with Crippen LogP contribution in [0, 0.1) is 15.9 Å². The smallest absolute Gasteiger partial charge is 0.354 e. The Balaban J connectivity index is 2.32. The Kier molecular flexibility index (Phi) is 4.32. The highest BCUT2D eigenvalue weighted by Crippen LogP contribution is 2.21. The molecule has 6 nitrogen and oxygen atoms in total. The second kappa shape index (κ2) is 6.17. The Morgan fingerprint density at radius 2 is 2.14 bits per heavy atom. The van der Waals surface area contributed by atoms with Crippen LogP contribution >= 0.6 is 0 Å². The van der Waals surface area contributed by atoms with Gasteiger partial charge in [0.15, 0.2) is 0 Å². The zero-order valence-corrected chi connectivity index (χ0v) is 11.3. The molecule has 0 atom stereocenters. The van der Waals surface area contributed by atoms with Crippen molar-refractivity contribution in [3.05, 3.63) is 63.7 Å². The summed E-state index contributed by atoms with van der Waals surface area (Å²) in [5, 5.41) is 10.7. The Hall–Kier alpha value is -2.70. The van der Waals surface area contributed by atoms with Gasteiger partial charge in [-0.15, -0.1) is 0 Å². The van der Waals surface area contributed by atoms with Gasteiger partial charge in [-0.3, -0.25) is 10.1 Å². The lowest BCUT2D eigenvalue weighted by molar-refractivity contribution is -0.387. The fourth-order valence-electron chi connectivity index (χ4n) is 1.96. The predicted octanol–water partition coefficient (Wildman–Crippen LogP) is 2.76. The fraction of sp³-hybridized carbons (Fsp3) is 0.214. The maximum absolute atomic E-state index is 14.0. The number of aromatic nitrogens is 1. The molecule has 1 aromatic carbocycles. The molecular weight excluding hydrogens is 279 g/mol. The number of hydrogen-bond acceptors (Lipinski definition) is 4. The summed E-state index contributed by atoms with van der Waals surface area (Å²) >= 11 is 0. The van der Waals surface area contributed by atoms with E-state index in [-0.39, 0.29) is 24.4 Å². The Morgan fingerprint density at radius 3 is 2.81 bits per heavy atom. The molecule has 2 aromatic rings. The van der Waals surface area contributed by atoms with Crippen LogP contribution in [-0.2, 0) is 11.3 Å². The quantitative estimate of drug-likeness (QED) is 0.482. The monoisotopic (exact) mass is 292 g/mol. The average Bonchev–Trinajstić information content (AvgIpc) is 2.89. The molecule has 0 unspecified atom stereocenters. The zero-order valence-electron chi connectivity index (χ0n) is 11.3. The molecule has 7 heteroatoms. The third-order valence-corrected chi connectivity index (χ3v) is 2.91. The van der Waals surface area contributed by atoms with Gasteiger partial charge in [0.25, 0.3) is 0 Å². The third kappa shape index (κ3) is 3.07. The van der Waals surface area contributed by atoms with Gasteiger partial charge in [-0.05, 0) is 19.1 Å². The lowest BCUT2D eigenvalue weighted by Crippen LogP contribution is -2.13. The third-order valence-electron chi connectivity index (χ3n) is 2.91. The number of nitro benzene ring substituents is 1. The van der Waals surface area contributed by atoms with E-state index in [1.165, 1.54) is 16.7 Å². The lowest BCUT2D eigenvalue weighted by atomic mass is 10.2. The summed E-state index contributed by atoms with van der Waals surface area (Å²) in [6, 6.07) is 7.12. The highest BCUT2D eigenvalue weighted by Gasteiger charge is 2.19. The summed E-state index contributed by atoms with van der Waals surface area (Å²) in [5.41, 5.74) is -0.189. The van der Waals surface area contributed by atoms with Crippen molar-refractivity contribution in [1.29, 1.82) is 0 Å². The molecule has 1 aromatic heterocycles. The second-order valence-corrected chi connectivity index (χ2v) is 4.25. The van der Waals surface area contributed by atoms with E-state index in [1.54, 1.807) is 25.3 Å². The van der Waals surface area contributed by atoms with E-state index >= 15 is 0 Å². The van der Waals surface area contributed by atoms with Gasteiger partial charge in [0.05, 0.1) is 18.1 Å². The van der Waals surface area contributed by atoms with Gasteiger partial charge in [0.2, 0.25) is 5.82 Å². The predicted molar refractivity (Wildman–Crippen MR) is 72.5 cm³/mol. The molecule has 0 aliphatic heterocycles. The van der Waals surface area contributed by atoms with E-state index in [2.05, 4.69) is 0 Å². The van der Waals surface area contributed by atoms with Crippen LogP contribution < -0.4 is 0 Å². The van der Waals surface area contributed by atoms with Crippen molar-refractivity contribution >= 4 is 11.7 Å². The Labute approximate surface area is 119 Å². The van der Waals surface area contributed by atoms with Crippen LogP contribution in [0.15, 0.2) is 36.5 Å². The molecule has 0 aliphatic rings. The normalized spacial score (nSPS) is 10.4. The maximum atomic E-state index is 14.0. The first-order valence-electron chi connectivity index (χ1n) is 6.28. The minimum atomic E-state index is -0.897. The molecule has 0 amide bonds. The van der Waals surface area contributed by atoms with Crippen LogP contribution in [0.1, 0.15) is 23.0 Å². The molecule has 0 bridgehead atoms. The average molecular weight is 292 g/mol. The molecule has 0 saturated carbocycles. The lowest BCUT2D eigenvalue weighted by Gasteiger charge is -2.09. The van der Waals surface area contributed by atoms with Gasteiger partial charge >= 0.3 is 11.7 Å². The van der Waals surface area contributed by atoms with Gasteiger partial charge in [-0.25, -0.2) is 4.79 Å². The van der Waals surface area contributed by atoms with E-state index in [1.807, 2.05) is 0 Å². The first-order chi connectivity index (χ1) is 10.0. The van der Waals surface area contributed by atoms with Gasteiger partial charge in [0.1, 0.15) is 5.69 Å². The van der Waals surface area contributed by atoms with Crippen molar-refractivity contribution in [2.24, 2.45) is 0 Å². The summed E-state index contributed by atoms with van der Waals surface area (Å²) in [4.78, 5) is 21.7. The number of carbonyl (C=O) groups excluding carboxylic acids is 1. The van der Waals surface area contributed by atoms with Crippen molar-refractivity contribution in [2.75, 3.05) is 6.61 Å². The molecule has 1 heterocycles. The highest BCUT2D eigenvalue weighted by atomic mass is 19.1. The Morgan fingerprint density at radius 1 is 1.38 bits per heavy atom. The Bertz CT molecular complexity index is 681. The standard InChI is InChI=1S/C14H13FN2O4/c1-2-21-14(18)12-7-4-8-16(12)9-10-5-3-6-11(13(10)15)17(19)20/h3-8H,2,9H2,1H3. The molecule has 0 N–H and O–H groups in total. The zero-order chi connectivity index (χ0) is 15.4. The number of hydrogen-bond donors (Lipinski definition) is 0. The number of rotatable bonds is 5. The van der Waals surface area contributed by atoms with Crippen molar-refractivity contribution in [2.45, 2.75) is 13.5 Å². The number of nitrogens with zero attached hydrogens (tertiary/aromatic N) is 2. The van der Waals surface area contributed by atoms with Crippen molar-refractivity contribution in [1.82, 2.24) is 4.57 Å². The highest BCUT2D eigenvalue weighted by molar-refractivity contribution is 5.87. The van der Waals surface area contributed by atoms with Crippen LogP contribution in [0.2, 0.25) is 0 Å². The number of nitro groups is 1. The molecule has 0 saturated heterocycles. The van der Waals surface area contributed by atoms with Crippen LogP contribution in [0.5, 0.6) is 0 Å². The van der Waals surface area contributed by atoms with Crippen LogP contribution in [0.3, 0.4) is 0 Å². The maximum Gasteiger partial charge on any atom is 0.354 e. The van der Waals surface area contributed by atoms with Crippen molar-refractivity contribution < 1.29 is 18.8 Å². The minimum absolute atomic E-state index is 0.00859. The van der Waals surface area contributed by atoms with Gasteiger partial charge in [-0.2, -0.15) is 4.39 Å². The molecule has 2 rings (SSSR count). The number of halogens is 1. The van der Waals surface area contributed by atoms with Gasteiger partial charge in [-0.1, -0.05) is 12.1 Å². The first-order valence-corrected chi connectivity index (χ1v) is 6.28. The molecule has 110 valence electrons. The summed E-state index contributed by atoms with van der Waals surface area (Å²) < 4.78 is 20.4. The van der Waals surface area contributed by atoms with E-state index < -0.39 is 22.4 Å². The van der Waals surface area contributed by atoms with E-state index in [0.29, 0.717) is 0 Å². The molecule has 0 aliphatic carbocycles. The van der Waals surface area contributed by atoms with Gasteiger partial charge in [0, 0.05) is 17.8 Å². The van der Waals surface area contributed by atoms with E-state index in [0.717, 1.165) is 6.07 Å². The number of ether oxygens (including phenoxy) is 1. The topological polar surface area (TPSA) is 74.4 Å². The van der Waals surface area contributed by atoms with Gasteiger partial charge < -0.3 is 9.30 Å². The largest absolute Gasteiger partial charge is 0.461 e. The number of benzene rings is 1. The van der Waals surface area contributed by atoms with E-state index in [4.69, 9.17) is 4.74 Å². The summed E-state index contributed by atoms with van der Waals surface area (Å²) in [7, 11) is 0.